The van der Waals surface area contributed by atoms with E-state index in [0.717, 1.165) is 4.90 Å². The molecular formula is C23H30FN5O5. The van der Waals surface area contributed by atoms with Gasteiger partial charge < -0.3 is 20.2 Å². The summed E-state index contributed by atoms with van der Waals surface area (Å²) in [5.41, 5.74) is -0.233. The Kier molecular flexibility index (Phi) is 8.14. The minimum absolute atomic E-state index is 0. The lowest BCUT2D eigenvalue weighted by Gasteiger charge is -2.33. The molecule has 11 heteroatoms. The third-order valence-corrected chi connectivity index (χ3v) is 5.60. The molecule has 1 aromatic heterocycles. The van der Waals surface area contributed by atoms with Crippen molar-refractivity contribution in [2.45, 2.75) is 46.3 Å². The predicted molar refractivity (Wildman–Crippen MR) is 123 cm³/mol. The Labute approximate surface area is 197 Å². The van der Waals surface area contributed by atoms with Crippen molar-refractivity contribution in [3.8, 4) is 5.75 Å². The van der Waals surface area contributed by atoms with Crippen molar-refractivity contribution in [3.63, 3.8) is 0 Å². The highest BCUT2D eigenvalue weighted by Gasteiger charge is 2.34. The number of hydrogen-bond donors (Lipinski definition) is 2. The first kappa shape index (κ1) is 26.5. The number of nitrogens with zero attached hydrogens (tertiary/aromatic N) is 4. The third-order valence-electron chi connectivity index (χ3n) is 5.60. The highest BCUT2D eigenvalue weighted by molar-refractivity contribution is 6.34. The number of carbonyl (C=O) groups excluding carboxylic acids is 3. The Balaban J connectivity index is 0.00000408. The van der Waals surface area contributed by atoms with Gasteiger partial charge in [-0.3, -0.25) is 23.7 Å². The molecule has 3 rings (SSSR count). The van der Waals surface area contributed by atoms with Gasteiger partial charge in [0, 0.05) is 34.2 Å². The molecule has 0 radical (unpaired) electrons. The maximum Gasteiger partial charge on any atom is 0.312 e. The van der Waals surface area contributed by atoms with Gasteiger partial charge in [0.25, 0.3) is 11.5 Å². The number of nitrogens with one attached hydrogen (secondary N) is 1. The molecule has 2 heterocycles. The average Bonchev–Trinajstić information content (AvgIpc) is 2.79. The van der Waals surface area contributed by atoms with Crippen LogP contribution in [0, 0.1) is 12.7 Å². The molecule has 1 unspecified atom stereocenters. The van der Waals surface area contributed by atoms with Crippen LogP contribution in [0.15, 0.2) is 23.0 Å². The van der Waals surface area contributed by atoms with Gasteiger partial charge in [0.1, 0.15) is 11.6 Å². The number of likely N-dealkylation sites (N-methyl/N-ethyl adjacent to an activating group) is 2. The van der Waals surface area contributed by atoms with Crippen molar-refractivity contribution in [2.75, 3.05) is 21.1 Å². The van der Waals surface area contributed by atoms with Gasteiger partial charge in [-0.15, -0.1) is 0 Å². The molecule has 0 fully saturated rings. The topological polar surface area (TPSA) is 125 Å². The number of rotatable bonds is 4. The monoisotopic (exact) mass is 475 g/mol. The SMILES string of the molecule is C.Cc1cc(CNC(=O)c2nc3n(c(=O)c2O)CCCC3N(C)C(=O)C(=O)N(C)C)ccc1F. The Hall–Kier alpha value is -3.76. The normalized spacial score (nSPS) is 14.4. The molecule has 184 valence electrons. The molecule has 0 aliphatic carbocycles. The number of aromatic hydroxyl groups is 1. The molecule has 1 atom stereocenters. The van der Waals surface area contributed by atoms with Crippen LogP contribution in [0.5, 0.6) is 5.75 Å². The van der Waals surface area contributed by atoms with E-state index in [1.807, 2.05) is 0 Å². The molecule has 2 N–H and O–H groups in total. The lowest BCUT2D eigenvalue weighted by molar-refractivity contribution is -0.151. The summed E-state index contributed by atoms with van der Waals surface area (Å²) in [5, 5.41) is 12.9. The second-order valence-electron chi connectivity index (χ2n) is 8.16. The van der Waals surface area contributed by atoms with Crippen LogP contribution >= 0.6 is 0 Å². The molecule has 1 aliphatic rings. The molecular weight excluding hydrogens is 445 g/mol. The molecule has 0 saturated heterocycles. The van der Waals surface area contributed by atoms with E-state index >= 15 is 0 Å². The number of fused-ring (bicyclic) bond motifs is 1. The zero-order valence-electron chi connectivity index (χ0n) is 18.9. The summed E-state index contributed by atoms with van der Waals surface area (Å²) in [5.74, 6) is -3.36. The van der Waals surface area contributed by atoms with Crippen LogP contribution in [0.1, 0.15) is 53.7 Å². The van der Waals surface area contributed by atoms with Crippen LogP contribution in [0.3, 0.4) is 0 Å². The minimum Gasteiger partial charge on any atom is -0.501 e. The van der Waals surface area contributed by atoms with Gasteiger partial charge in [0.15, 0.2) is 5.69 Å². The van der Waals surface area contributed by atoms with Crippen molar-refractivity contribution in [3.05, 3.63) is 57.0 Å². The summed E-state index contributed by atoms with van der Waals surface area (Å²) in [6.45, 7) is 1.88. The van der Waals surface area contributed by atoms with Gasteiger partial charge in [0.05, 0.1) is 6.04 Å². The molecule has 3 amide bonds. The highest BCUT2D eigenvalue weighted by atomic mass is 19.1. The summed E-state index contributed by atoms with van der Waals surface area (Å²) >= 11 is 0. The quantitative estimate of drug-likeness (QED) is 0.643. The Morgan fingerprint density at radius 1 is 1.24 bits per heavy atom. The fraction of sp³-hybridized carbons (Fsp3) is 0.435. The van der Waals surface area contributed by atoms with E-state index in [-0.39, 0.29) is 32.2 Å². The molecule has 0 bridgehead atoms. The van der Waals surface area contributed by atoms with E-state index in [1.54, 1.807) is 13.0 Å². The summed E-state index contributed by atoms with van der Waals surface area (Å²) in [7, 11) is 4.34. The van der Waals surface area contributed by atoms with Crippen LogP contribution in [0.2, 0.25) is 0 Å². The maximum atomic E-state index is 13.5. The maximum absolute atomic E-state index is 13.5. The summed E-state index contributed by atoms with van der Waals surface area (Å²) < 4.78 is 14.7. The van der Waals surface area contributed by atoms with E-state index in [4.69, 9.17) is 0 Å². The van der Waals surface area contributed by atoms with Gasteiger partial charge >= 0.3 is 11.8 Å². The third kappa shape index (κ3) is 5.08. The Morgan fingerprint density at radius 3 is 2.53 bits per heavy atom. The fourth-order valence-corrected chi connectivity index (χ4v) is 3.70. The van der Waals surface area contributed by atoms with Gasteiger partial charge in [-0.25, -0.2) is 9.37 Å². The number of hydrogen-bond acceptors (Lipinski definition) is 6. The summed E-state index contributed by atoms with van der Waals surface area (Å²) in [4.78, 5) is 56.7. The lowest BCUT2D eigenvalue weighted by atomic mass is 10.0. The highest BCUT2D eigenvalue weighted by Crippen LogP contribution is 2.29. The van der Waals surface area contributed by atoms with Gasteiger partial charge in [-0.1, -0.05) is 19.6 Å². The van der Waals surface area contributed by atoms with Crippen LogP contribution in [-0.4, -0.2) is 63.3 Å². The Bertz CT molecular complexity index is 1180. The minimum atomic E-state index is -0.800. The molecule has 34 heavy (non-hydrogen) atoms. The van der Waals surface area contributed by atoms with Crippen molar-refractivity contribution >= 4 is 17.7 Å². The number of aryl methyl sites for hydroxylation is 1. The second kappa shape index (κ2) is 10.4. The first-order valence-corrected chi connectivity index (χ1v) is 10.4. The van der Waals surface area contributed by atoms with E-state index in [9.17, 15) is 28.7 Å². The average molecular weight is 476 g/mol. The van der Waals surface area contributed by atoms with E-state index in [0.29, 0.717) is 24.0 Å². The fourth-order valence-electron chi connectivity index (χ4n) is 3.70. The van der Waals surface area contributed by atoms with Crippen LogP contribution in [0.4, 0.5) is 4.39 Å². The molecule has 10 nitrogen and oxygen atoms in total. The molecule has 1 aromatic carbocycles. The standard InChI is InChI=1S/C22H26FN5O5.CH4/c1-12-10-13(7-8-14(12)23)11-24-19(30)16-17(29)20(31)28-9-5-6-15(18(28)25-16)27(4)22(33)21(32)26(2)3;/h7-8,10,15,29H,5-6,9,11H2,1-4H3,(H,24,30);1H4. The number of halogens is 1. The summed E-state index contributed by atoms with van der Waals surface area (Å²) in [6.07, 6.45) is 0.942. The predicted octanol–water partition coefficient (Wildman–Crippen LogP) is 1.34. The van der Waals surface area contributed by atoms with Crippen molar-refractivity contribution in [2.24, 2.45) is 0 Å². The van der Waals surface area contributed by atoms with E-state index in [2.05, 4.69) is 10.3 Å². The van der Waals surface area contributed by atoms with Gasteiger partial charge in [-0.05, 0) is 37.0 Å². The summed E-state index contributed by atoms with van der Waals surface area (Å²) in [6, 6.07) is 3.64. The van der Waals surface area contributed by atoms with E-state index in [1.165, 1.54) is 42.7 Å². The Morgan fingerprint density at radius 2 is 1.91 bits per heavy atom. The number of amides is 3. The van der Waals surface area contributed by atoms with Gasteiger partial charge in [-0.2, -0.15) is 0 Å². The largest absolute Gasteiger partial charge is 0.501 e. The number of aromatic nitrogens is 2. The second-order valence-corrected chi connectivity index (χ2v) is 8.16. The number of benzene rings is 1. The van der Waals surface area contributed by atoms with Crippen molar-refractivity contribution < 1.29 is 23.9 Å². The smallest absolute Gasteiger partial charge is 0.312 e. The van der Waals surface area contributed by atoms with Crippen molar-refractivity contribution in [1.82, 2.24) is 24.7 Å². The van der Waals surface area contributed by atoms with Crippen molar-refractivity contribution in [1.29, 1.82) is 0 Å². The zero-order chi connectivity index (χ0) is 24.4. The first-order valence-electron chi connectivity index (χ1n) is 10.4. The van der Waals surface area contributed by atoms with Gasteiger partial charge in [0.2, 0.25) is 5.75 Å². The molecule has 1 aliphatic heterocycles. The zero-order valence-corrected chi connectivity index (χ0v) is 18.9. The van der Waals surface area contributed by atoms with Crippen LogP contribution in [-0.2, 0) is 22.7 Å². The van der Waals surface area contributed by atoms with E-state index < -0.39 is 40.8 Å². The molecule has 0 saturated carbocycles. The van der Waals surface area contributed by atoms with Crippen LogP contribution < -0.4 is 10.9 Å². The molecule has 0 spiro atoms. The molecule has 2 aromatic rings. The number of carbonyl (C=O) groups is 3. The van der Waals surface area contributed by atoms with Crippen LogP contribution in [0.25, 0.3) is 0 Å². The first-order chi connectivity index (χ1) is 15.5. The lowest BCUT2D eigenvalue weighted by Crippen LogP contribution is -2.45.